The van der Waals surface area contributed by atoms with Gasteiger partial charge in [-0.2, -0.15) is 5.10 Å². The Kier molecular flexibility index (Phi) is 4.80. The lowest BCUT2D eigenvalue weighted by Crippen LogP contribution is -2.40. The molecule has 1 atom stereocenters. The predicted molar refractivity (Wildman–Crippen MR) is 92.0 cm³/mol. The van der Waals surface area contributed by atoms with Gasteiger partial charge in [0.1, 0.15) is 0 Å². The molecule has 1 fully saturated rings. The molecule has 0 saturated carbocycles. The zero-order valence-corrected chi connectivity index (χ0v) is 14.2. The second-order valence-electron chi connectivity index (χ2n) is 5.90. The van der Waals surface area contributed by atoms with Crippen LogP contribution in [0.3, 0.4) is 0 Å². The van der Waals surface area contributed by atoms with Gasteiger partial charge in [-0.05, 0) is 36.8 Å². The van der Waals surface area contributed by atoms with E-state index in [1.807, 2.05) is 29.3 Å². The maximum atomic E-state index is 12.5. The van der Waals surface area contributed by atoms with Crippen molar-refractivity contribution >= 4 is 28.8 Å². The summed E-state index contributed by atoms with van der Waals surface area (Å²) in [5.74, 6) is -0.990. The van der Waals surface area contributed by atoms with Gasteiger partial charge in [0.15, 0.2) is 0 Å². The molecule has 24 heavy (non-hydrogen) atoms. The van der Waals surface area contributed by atoms with E-state index in [0.717, 1.165) is 29.8 Å². The number of carbonyl (C=O) groups is 2. The Balaban J connectivity index is 1.69. The molecule has 1 unspecified atom stereocenters. The Morgan fingerprint density at radius 1 is 1.46 bits per heavy atom. The number of likely N-dealkylation sites (tertiary alicyclic amines) is 1. The number of carboxylic acids is 1. The van der Waals surface area contributed by atoms with E-state index in [1.165, 1.54) is 12.4 Å². The maximum absolute atomic E-state index is 12.5. The van der Waals surface area contributed by atoms with Gasteiger partial charge < -0.3 is 10.0 Å². The van der Waals surface area contributed by atoms with Crippen LogP contribution in [0.15, 0.2) is 36.0 Å². The van der Waals surface area contributed by atoms with Crippen LogP contribution in [-0.4, -0.2) is 44.8 Å². The second kappa shape index (κ2) is 7.00. The predicted octanol–water partition coefficient (Wildman–Crippen LogP) is 2.91. The molecule has 1 N–H and O–H groups in total. The van der Waals surface area contributed by atoms with E-state index in [0.29, 0.717) is 6.54 Å². The second-order valence-corrected chi connectivity index (χ2v) is 6.85. The largest absolute Gasteiger partial charge is 0.478 e. The maximum Gasteiger partial charge on any atom is 0.338 e. The van der Waals surface area contributed by atoms with Crippen LogP contribution in [0.4, 0.5) is 0 Å². The average Bonchev–Trinajstić information content (AvgIpc) is 3.26. The first kappa shape index (κ1) is 16.4. The quantitative estimate of drug-likeness (QED) is 0.865. The number of amides is 1. The molecule has 0 aromatic carbocycles. The summed E-state index contributed by atoms with van der Waals surface area (Å²) >= 11 is 1.61. The van der Waals surface area contributed by atoms with Crippen molar-refractivity contribution in [1.82, 2.24) is 14.7 Å². The molecule has 126 valence electrons. The van der Waals surface area contributed by atoms with E-state index < -0.39 is 5.97 Å². The van der Waals surface area contributed by atoms with E-state index in [9.17, 15) is 9.59 Å². The summed E-state index contributed by atoms with van der Waals surface area (Å²) in [4.78, 5) is 26.4. The minimum atomic E-state index is -0.987. The van der Waals surface area contributed by atoms with E-state index in [-0.39, 0.29) is 17.5 Å². The van der Waals surface area contributed by atoms with Crippen molar-refractivity contribution in [2.24, 2.45) is 0 Å². The molecule has 1 aliphatic heterocycles. The topological polar surface area (TPSA) is 75.4 Å². The number of aromatic nitrogens is 2. The molecule has 1 amide bonds. The van der Waals surface area contributed by atoms with Crippen LogP contribution in [-0.2, 0) is 4.79 Å². The molecular weight excluding hydrogens is 326 g/mol. The molecule has 0 radical (unpaired) electrons. The summed E-state index contributed by atoms with van der Waals surface area (Å²) in [6, 6.07) is 3.99. The van der Waals surface area contributed by atoms with Crippen LogP contribution in [0.1, 0.15) is 41.0 Å². The van der Waals surface area contributed by atoms with Gasteiger partial charge in [-0.25, -0.2) is 4.79 Å². The van der Waals surface area contributed by atoms with Crippen LogP contribution in [0.5, 0.6) is 0 Å². The summed E-state index contributed by atoms with van der Waals surface area (Å²) in [6.45, 7) is 3.21. The van der Waals surface area contributed by atoms with Crippen molar-refractivity contribution in [3.05, 3.63) is 46.4 Å². The molecule has 2 aromatic heterocycles. The standard InChI is InChI=1S/C17H19N3O3S/c1-12(15-5-3-7-24-15)8-16(21)19-6-2-4-14(11-19)20-10-13(9-18-20)17(22)23/h3,5,7-10,14H,2,4,6,11H2,1H3,(H,22,23)/b12-8+. The number of hydrogen-bond donors (Lipinski definition) is 1. The van der Waals surface area contributed by atoms with Crippen LogP contribution >= 0.6 is 11.3 Å². The molecule has 1 aliphatic rings. The fourth-order valence-electron chi connectivity index (χ4n) is 2.87. The summed E-state index contributed by atoms with van der Waals surface area (Å²) in [5, 5.41) is 15.1. The Morgan fingerprint density at radius 3 is 2.96 bits per heavy atom. The lowest BCUT2D eigenvalue weighted by atomic mass is 10.1. The number of hydrogen-bond acceptors (Lipinski definition) is 4. The number of thiophene rings is 1. The van der Waals surface area contributed by atoms with E-state index in [2.05, 4.69) is 5.10 Å². The van der Waals surface area contributed by atoms with Crippen molar-refractivity contribution in [3.63, 3.8) is 0 Å². The van der Waals surface area contributed by atoms with Gasteiger partial charge in [0.25, 0.3) is 0 Å². The number of carboxylic acid groups (broad SMARTS) is 1. The van der Waals surface area contributed by atoms with E-state index in [1.54, 1.807) is 22.1 Å². The molecular formula is C17H19N3O3S. The van der Waals surface area contributed by atoms with Gasteiger partial charge in [0.05, 0.1) is 17.8 Å². The Hall–Kier alpha value is -2.41. The third kappa shape index (κ3) is 3.56. The highest BCUT2D eigenvalue weighted by Gasteiger charge is 2.25. The highest BCUT2D eigenvalue weighted by molar-refractivity contribution is 7.11. The third-order valence-corrected chi connectivity index (χ3v) is 5.19. The van der Waals surface area contributed by atoms with Gasteiger partial charge in [-0.3, -0.25) is 9.48 Å². The summed E-state index contributed by atoms with van der Waals surface area (Å²) < 4.78 is 1.67. The lowest BCUT2D eigenvalue weighted by molar-refractivity contribution is -0.127. The first-order valence-electron chi connectivity index (χ1n) is 7.83. The average molecular weight is 345 g/mol. The van der Waals surface area contributed by atoms with Crippen LogP contribution < -0.4 is 0 Å². The summed E-state index contributed by atoms with van der Waals surface area (Å²) in [7, 11) is 0. The number of piperidine rings is 1. The van der Waals surface area contributed by atoms with Gasteiger partial charge in [0, 0.05) is 30.2 Å². The Labute approximate surface area is 144 Å². The molecule has 1 saturated heterocycles. The SMILES string of the molecule is C/C(=C\C(=O)N1CCCC(n2cc(C(=O)O)cn2)C1)c1cccs1. The monoisotopic (exact) mass is 345 g/mol. The minimum Gasteiger partial charge on any atom is -0.478 e. The van der Waals surface area contributed by atoms with Crippen molar-refractivity contribution in [3.8, 4) is 0 Å². The van der Waals surface area contributed by atoms with Crippen LogP contribution in [0, 0.1) is 0 Å². The highest BCUT2D eigenvalue weighted by atomic mass is 32.1. The summed E-state index contributed by atoms with van der Waals surface area (Å²) in [6.07, 6.45) is 6.33. The fourth-order valence-corrected chi connectivity index (χ4v) is 3.58. The number of carbonyl (C=O) groups excluding carboxylic acids is 1. The van der Waals surface area contributed by atoms with Crippen molar-refractivity contribution < 1.29 is 14.7 Å². The number of allylic oxidation sites excluding steroid dienone is 1. The smallest absolute Gasteiger partial charge is 0.338 e. The van der Waals surface area contributed by atoms with Crippen LogP contribution in [0.25, 0.3) is 5.57 Å². The number of rotatable bonds is 4. The molecule has 0 aliphatic carbocycles. The van der Waals surface area contributed by atoms with E-state index >= 15 is 0 Å². The fraction of sp³-hybridized carbons (Fsp3) is 0.353. The Bertz CT molecular complexity index is 764. The van der Waals surface area contributed by atoms with Crippen LogP contribution in [0.2, 0.25) is 0 Å². The van der Waals surface area contributed by atoms with Gasteiger partial charge in [-0.15, -0.1) is 11.3 Å². The van der Waals surface area contributed by atoms with Crippen molar-refractivity contribution in [2.45, 2.75) is 25.8 Å². The Morgan fingerprint density at radius 2 is 2.29 bits per heavy atom. The number of aromatic carboxylic acids is 1. The first-order chi connectivity index (χ1) is 11.5. The third-order valence-electron chi connectivity index (χ3n) is 4.18. The van der Waals surface area contributed by atoms with E-state index in [4.69, 9.17) is 5.11 Å². The molecule has 0 spiro atoms. The zero-order valence-electron chi connectivity index (χ0n) is 13.4. The van der Waals surface area contributed by atoms with Crippen molar-refractivity contribution in [2.75, 3.05) is 13.1 Å². The molecule has 0 bridgehead atoms. The molecule has 7 heteroatoms. The summed E-state index contributed by atoms with van der Waals surface area (Å²) in [5.41, 5.74) is 1.14. The molecule has 3 heterocycles. The number of nitrogens with zero attached hydrogens (tertiary/aromatic N) is 3. The molecule has 2 aromatic rings. The van der Waals surface area contributed by atoms with Gasteiger partial charge >= 0.3 is 5.97 Å². The zero-order chi connectivity index (χ0) is 17.1. The lowest BCUT2D eigenvalue weighted by Gasteiger charge is -2.32. The minimum absolute atomic E-state index is 0.00351. The highest BCUT2D eigenvalue weighted by Crippen LogP contribution is 2.23. The molecule has 6 nitrogen and oxygen atoms in total. The first-order valence-corrected chi connectivity index (χ1v) is 8.71. The normalized spacial score (nSPS) is 18.6. The van der Waals surface area contributed by atoms with Crippen molar-refractivity contribution in [1.29, 1.82) is 0 Å². The molecule has 3 rings (SSSR count). The van der Waals surface area contributed by atoms with Gasteiger partial charge in [0.2, 0.25) is 5.91 Å². The van der Waals surface area contributed by atoms with Gasteiger partial charge in [-0.1, -0.05) is 6.07 Å².